The summed E-state index contributed by atoms with van der Waals surface area (Å²) >= 11 is 3.44. The van der Waals surface area contributed by atoms with Crippen molar-refractivity contribution in [2.45, 2.75) is 25.7 Å². The van der Waals surface area contributed by atoms with E-state index in [0.29, 0.717) is 5.56 Å². The fourth-order valence-electron chi connectivity index (χ4n) is 3.54. The summed E-state index contributed by atoms with van der Waals surface area (Å²) < 4.78 is 6.04. The highest BCUT2D eigenvalue weighted by atomic mass is 79.9. The molecule has 138 valence electrons. The fraction of sp³-hybridized carbons (Fsp3) is 0.238. The third-order valence-electron chi connectivity index (χ3n) is 4.92. The molecule has 0 bridgehead atoms. The molecule has 1 aromatic heterocycles. The van der Waals surface area contributed by atoms with Crippen molar-refractivity contribution in [3.05, 3.63) is 63.3 Å². The monoisotopic (exact) mass is 425 g/mol. The van der Waals surface area contributed by atoms with Crippen molar-refractivity contribution >= 4 is 39.0 Å². The van der Waals surface area contributed by atoms with E-state index in [1.807, 2.05) is 36.4 Å². The van der Waals surface area contributed by atoms with E-state index in [1.165, 1.54) is 24.1 Å². The number of aromatic amines is 1. The summed E-state index contributed by atoms with van der Waals surface area (Å²) in [6.07, 6.45) is 6.21. The Kier molecular flexibility index (Phi) is 4.99. The van der Waals surface area contributed by atoms with E-state index in [2.05, 4.69) is 31.4 Å². The number of rotatable bonds is 4. The van der Waals surface area contributed by atoms with Crippen LogP contribution >= 0.6 is 15.9 Å². The maximum atomic E-state index is 12.5. The highest BCUT2D eigenvalue weighted by Gasteiger charge is 2.16. The van der Waals surface area contributed by atoms with Crippen LogP contribution in [0, 0.1) is 0 Å². The summed E-state index contributed by atoms with van der Waals surface area (Å²) in [5, 5.41) is 5.23. The Balaban J connectivity index is 1.50. The highest BCUT2D eigenvalue weighted by Crippen LogP contribution is 2.29. The number of carbonyl (C=O) groups is 1. The molecule has 4 rings (SSSR count). The number of amides is 1. The lowest BCUT2D eigenvalue weighted by Crippen LogP contribution is -2.17. The van der Waals surface area contributed by atoms with Crippen molar-refractivity contribution in [1.29, 1.82) is 0 Å². The second kappa shape index (κ2) is 7.56. The summed E-state index contributed by atoms with van der Waals surface area (Å²) in [4.78, 5) is 16.0. The molecule has 27 heavy (non-hydrogen) atoms. The Hall–Kier alpha value is -2.60. The van der Waals surface area contributed by atoms with Gasteiger partial charge in [0.2, 0.25) is 0 Å². The molecule has 0 aliphatic heterocycles. The first kappa shape index (κ1) is 17.8. The lowest BCUT2D eigenvalue weighted by atomic mass is 9.95. The van der Waals surface area contributed by atoms with E-state index in [0.717, 1.165) is 39.5 Å². The molecule has 1 amide bonds. The van der Waals surface area contributed by atoms with Gasteiger partial charge in [-0.3, -0.25) is 4.79 Å². The molecule has 5 nitrogen and oxygen atoms in total. The van der Waals surface area contributed by atoms with Crippen LogP contribution in [0.3, 0.4) is 0 Å². The summed E-state index contributed by atoms with van der Waals surface area (Å²) in [7, 11) is 1.62. The first-order valence-corrected chi connectivity index (χ1v) is 9.75. The number of halogens is 1. The number of aromatic nitrogens is 1. The molecule has 0 saturated heterocycles. The van der Waals surface area contributed by atoms with Crippen LogP contribution < -0.4 is 10.2 Å². The van der Waals surface area contributed by atoms with Gasteiger partial charge in [0.1, 0.15) is 5.75 Å². The van der Waals surface area contributed by atoms with Crippen molar-refractivity contribution in [3.63, 3.8) is 0 Å². The average molecular weight is 426 g/mol. The van der Waals surface area contributed by atoms with Gasteiger partial charge in [-0.05, 0) is 89.1 Å². The van der Waals surface area contributed by atoms with E-state index in [9.17, 15) is 4.79 Å². The van der Waals surface area contributed by atoms with Crippen LogP contribution in [0.2, 0.25) is 0 Å². The van der Waals surface area contributed by atoms with Crippen molar-refractivity contribution in [3.8, 4) is 5.75 Å². The molecule has 0 fully saturated rings. The summed E-state index contributed by atoms with van der Waals surface area (Å²) in [5.74, 6) is 0.533. The smallest absolute Gasteiger partial charge is 0.271 e. The normalized spacial score (nSPS) is 13.7. The van der Waals surface area contributed by atoms with Crippen LogP contribution in [0.4, 0.5) is 0 Å². The van der Waals surface area contributed by atoms with Gasteiger partial charge in [0.25, 0.3) is 5.91 Å². The van der Waals surface area contributed by atoms with Gasteiger partial charge in [0.05, 0.1) is 17.8 Å². The number of ether oxygens (including phenoxy) is 1. The van der Waals surface area contributed by atoms with Crippen LogP contribution in [0.1, 0.15) is 40.0 Å². The van der Waals surface area contributed by atoms with Gasteiger partial charge in [-0.25, -0.2) is 5.43 Å². The minimum Gasteiger partial charge on any atom is -0.496 e. The highest BCUT2D eigenvalue weighted by molar-refractivity contribution is 9.10. The molecule has 6 heteroatoms. The molecule has 0 radical (unpaired) electrons. The molecule has 2 aromatic carbocycles. The van der Waals surface area contributed by atoms with Gasteiger partial charge < -0.3 is 9.72 Å². The number of fused-ring (bicyclic) bond motifs is 3. The zero-order valence-corrected chi connectivity index (χ0v) is 16.6. The largest absolute Gasteiger partial charge is 0.496 e. The van der Waals surface area contributed by atoms with Crippen LogP contribution in [0.5, 0.6) is 5.75 Å². The van der Waals surface area contributed by atoms with Gasteiger partial charge >= 0.3 is 0 Å². The van der Waals surface area contributed by atoms with Crippen molar-refractivity contribution < 1.29 is 9.53 Å². The Morgan fingerprint density at radius 3 is 2.89 bits per heavy atom. The van der Waals surface area contributed by atoms with Crippen LogP contribution in [-0.4, -0.2) is 24.2 Å². The van der Waals surface area contributed by atoms with Crippen molar-refractivity contribution in [2.75, 3.05) is 7.11 Å². The predicted molar refractivity (Wildman–Crippen MR) is 111 cm³/mol. The number of H-pyrrole nitrogens is 1. The predicted octanol–water partition coefficient (Wildman–Crippen LogP) is 4.58. The van der Waals surface area contributed by atoms with Gasteiger partial charge in [-0.2, -0.15) is 5.10 Å². The van der Waals surface area contributed by atoms with Crippen LogP contribution in [-0.2, 0) is 12.8 Å². The summed E-state index contributed by atoms with van der Waals surface area (Å²) in [5.41, 5.74) is 7.86. The minimum atomic E-state index is -0.216. The molecule has 1 aliphatic rings. The van der Waals surface area contributed by atoms with Gasteiger partial charge in [-0.15, -0.1) is 0 Å². The molecule has 0 spiro atoms. The molecule has 3 aromatic rings. The van der Waals surface area contributed by atoms with Crippen LogP contribution in [0.15, 0.2) is 46.0 Å². The summed E-state index contributed by atoms with van der Waals surface area (Å²) in [6.45, 7) is 0. The number of benzene rings is 2. The Morgan fingerprint density at radius 2 is 2.07 bits per heavy atom. The number of nitrogens with zero attached hydrogens (tertiary/aromatic N) is 1. The lowest BCUT2D eigenvalue weighted by Gasteiger charge is -2.10. The van der Waals surface area contributed by atoms with Crippen LogP contribution in [0.25, 0.3) is 10.9 Å². The Bertz CT molecular complexity index is 1040. The van der Waals surface area contributed by atoms with E-state index < -0.39 is 0 Å². The maximum Gasteiger partial charge on any atom is 0.271 e. The fourth-order valence-corrected chi connectivity index (χ4v) is 4.10. The molecule has 0 atom stereocenters. The first-order chi connectivity index (χ1) is 13.2. The number of hydrogen-bond donors (Lipinski definition) is 2. The zero-order valence-electron chi connectivity index (χ0n) is 15.0. The maximum absolute atomic E-state index is 12.5. The lowest BCUT2D eigenvalue weighted by molar-refractivity contribution is 0.0955. The number of nitrogens with one attached hydrogen (secondary N) is 2. The average Bonchev–Trinajstić information content (AvgIpc) is 3.06. The van der Waals surface area contributed by atoms with E-state index in [1.54, 1.807) is 13.3 Å². The molecule has 2 N–H and O–H groups in total. The Morgan fingerprint density at radius 1 is 1.22 bits per heavy atom. The molecule has 1 heterocycles. The third kappa shape index (κ3) is 3.62. The second-order valence-corrected chi connectivity index (χ2v) is 7.50. The quantitative estimate of drug-likeness (QED) is 0.474. The number of aryl methyl sites for hydroxylation is 2. The number of methoxy groups -OCH3 is 1. The topological polar surface area (TPSA) is 66.5 Å². The summed E-state index contributed by atoms with van der Waals surface area (Å²) in [6, 6.07) is 11.4. The number of carbonyl (C=O) groups excluding carboxylic acids is 1. The van der Waals surface area contributed by atoms with Crippen molar-refractivity contribution in [2.24, 2.45) is 5.10 Å². The molecular weight excluding hydrogens is 406 g/mol. The Labute approximate surface area is 165 Å². The molecule has 0 saturated carbocycles. The number of hydrogen-bond acceptors (Lipinski definition) is 3. The molecule has 0 unspecified atom stereocenters. The molecule has 1 aliphatic carbocycles. The third-order valence-corrected chi connectivity index (χ3v) is 5.54. The van der Waals surface area contributed by atoms with Gasteiger partial charge in [0.15, 0.2) is 0 Å². The van der Waals surface area contributed by atoms with Gasteiger partial charge in [0, 0.05) is 22.2 Å². The van der Waals surface area contributed by atoms with Crippen molar-refractivity contribution in [1.82, 2.24) is 10.4 Å². The minimum absolute atomic E-state index is 0.216. The second-order valence-electron chi connectivity index (χ2n) is 6.64. The number of hydrazone groups is 1. The zero-order chi connectivity index (χ0) is 18.8. The molecular formula is C21H20BrN3O2. The SMILES string of the molecule is COc1ccc(/C=N\NC(=O)c2ccc3[nH]c4c(c3c2)CCCC4)cc1Br. The standard InChI is InChI=1S/C21H20BrN3O2/c1-27-20-9-6-13(10-17(20)22)12-23-25-21(26)14-7-8-19-16(11-14)15-4-2-3-5-18(15)24-19/h6-12,24H,2-5H2,1H3,(H,25,26)/b23-12-. The first-order valence-electron chi connectivity index (χ1n) is 8.96. The van der Waals surface area contributed by atoms with E-state index in [4.69, 9.17) is 4.74 Å². The van der Waals surface area contributed by atoms with Gasteiger partial charge in [-0.1, -0.05) is 0 Å². The van der Waals surface area contributed by atoms with E-state index in [-0.39, 0.29) is 5.91 Å². The van der Waals surface area contributed by atoms with E-state index >= 15 is 0 Å².